The molecule has 0 aromatic heterocycles. The summed E-state index contributed by atoms with van der Waals surface area (Å²) in [5.41, 5.74) is -0.0141. The second kappa shape index (κ2) is 5.97. The number of nitrogens with one attached hydrogen (secondary N) is 1. The molecule has 21 heavy (non-hydrogen) atoms. The lowest BCUT2D eigenvalue weighted by molar-refractivity contribution is -0.156. The number of carboxylic acids is 1. The highest BCUT2D eigenvalue weighted by molar-refractivity contribution is 5.92. The van der Waals surface area contributed by atoms with Crippen LogP contribution >= 0.6 is 0 Å². The van der Waals surface area contributed by atoms with E-state index in [-0.39, 0.29) is 6.54 Å². The molecule has 0 radical (unpaired) electrons. The summed E-state index contributed by atoms with van der Waals surface area (Å²) in [7, 11) is 0. The van der Waals surface area contributed by atoms with Crippen molar-refractivity contribution in [1.82, 2.24) is 5.32 Å². The Balaban J connectivity index is 1.92. The van der Waals surface area contributed by atoms with Gasteiger partial charge in [0.05, 0.1) is 13.2 Å². The molecular formula is C15H17NO5. The minimum Gasteiger partial charge on any atom is -0.493 e. The summed E-state index contributed by atoms with van der Waals surface area (Å²) in [5, 5.41) is 20.5. The van der Waals surface area contributed by atoms with E-state index in [4.69, 9.17) is 9.84 Å². The second-order valence-electron chi connectivity index (χ2n) is 5.10. The molecule has 0 bridgehead atoms. The van der Waals surface area contributed by atoms with E-state index in [1.165, 1.54) is 6.08 Å². The van der Waals surface area contributed by atoms with Crippen LogP contribution in [0.5, 0.6) is 5.75 Å². The second-order valence-corrected chi connectivity index (χ2v) is 5.10. The first-order chi connectivity index (χ1) is 9.88. The minimum absolute atomic E-state index is 0.358. The van der Waals surface area contributed by atoms with Crippen LogP contribution in [0.15, 0.2) is 24.3 Å². The van der Waals surface area contributed by atoms with Crippen LogP contribution in [0.2, 0.25) is 0 Å². The number of aliphatic hydroxyl groups is 1. The molecule has 0 saturated carbocycles. The van der Waals surface area contributed by atoms with E-state index in [1.54, 1.807) is 6.08 Å². The third-order valence-electron chi connectivity index (χ3n) is 3.21. The van der Waals surface area contributed by atoms with Gasteiger partial charge in [0.25, 0.3) is 0 Å². The predicted octanol–water partition coefficient (Wildman–Crippen LogP) is 0.587. The summed E-state index contributed by atoms with van der Waals surface area (Å²) in [6, 6.07) is 5.63. The van der Waals surface area contributed by atoms with E-state index in [0.717, 1.165) is 30.2 Å². The number of rotatable bonds is 5. The Morgan fingerprint density at radius 2 is 2.24 bits per heavy atom. The molecule has 1 aromatic rings. The Morgan fingerprint density at radius 1 is 1.48 bits per heavy atom. The Bertz CT molecular complexity index is 592. The number of carboxylic acid groups (broad SMARTS) is 1. The first kappa shape index (κ1) is 15.1. The van der Waals surface area contributed by atoms with Gasteiger partial charge in [-0.25, -0.2) is 4.79 Å². The van der Waals surface area contributed by atoms with Crippen molar-refractivity contribution in [2.45, 2.75) is 18.9 Å². The summed E-state index contributed by atoms with van der Waals surface area (Å²) in [6.45, 7) is 1.44. The summed E-state index contributed by atoms with van der Waals surface area (Å²) < 4.78 is 5.39. The smallest absolute Gasteiger partial charge is 0.337 e. The Hall–Kier alpha value is -2.34. The molecule has 0 spiro atoms. The molecule has 1 aliphatic heterocycles. The van der Waals surface area contributed by atoms with Crippen molar-refractivity contribution in [2.75, 3.05) is 13.2 Å². The maximum Gasteiger partial charge on any atom is 0.337 e. The summed E-state index contributed by atoms with van der Waals surface area (Å²) in [5.74, 6) is -0.979. The number of amides is 1. The Labute approximate surface area is 122 Å². The van der Waals surface area contributed by atoms with Crippen molar-refractivity contribution >= 4 is 18.0 Å². The largest absolute Gasteiger partial charge is 0.493 e. The first-order valence-electron chi connectivity index (χ1n) is 6.56. The summed E-state index contributed by atoms with van der Waals surface area (Å²) >= 11 is 0. The van der Waals surface area contributed by atoms with Gasteiger partial charge in [0.1, 0.15) is 5.75 Å². The predicted molar refractivity (Wildman–Crippen MR) is 75.9 cm³/mol. The fourth-order valence-electron chi connectivity index (χ4n) is 1.88. The molecule has 0 saturated heterocycles. The number of aliphatic carboxylic acids is 1. The van der Waals surface area contributed by atoms with Crippen molar-refractivity contribution in [3.05, 3.63) is 35.4 Å². The van der Waals surface area contributed by atoms with Gasteiger partial charge in [0.2, 0.25) is 5.91 Å². The number of carbonyl (C=O) groups is 2. The molecule has 1 amide bonds. The van der Waals surface area contributed by atoms with Gasteiger partial charge >= 0.3 is 5.97 Å². The van der Waals surface area contributed by atoms with E-state index in [1.807, 2.05) is 18.2 Å². The lowest BCUT2D eigenvalue weighted by Crippen LogP contribution is -2.46. The topological polar surface area (TPSA) is 95.9 Å². The lowest BCUT2D eigenvalue weighted by atomic mass is 10.1. The van der Waals surface area contributed by atoms with Crippen LogP contribution < -0.4 is 10.1 Å². The molecule has 6 nitrogen and oxygen atoms in total. The molecule has 1 unspecified atom stereocenters. The molecule has 0 aliphatic carbocycles. The molecule has 1 heterocycles. The molecule has 1 atom stereocenters. The molecular weight excluding hydrogens is 274 g/mol. The molecule has 1 aromatic carbocycles. The van der Waals surface area contributed by atoms with Gasteiger partial charge in [-0.15, -0.1) is 0 Å². The monoisotopic (exact) mass is 291 g/mol. The van der Waals surface area contributed by atoms with Gasteiger partial charge in [-0.3, -0.25) is 4.79 Å². The van der Waals surface area contributed by atoms with E-state index < -0.39 is 17.5 Å². The van der Waals surface area contributed by atoms with E-state index in [2.05, 4.69) is 5.32 Å². The minimum atomic E-state index is -1.98. The Kier molecular flexibility index (Phi) is 4.28. The molecule has 112 valence electrons. The SMILES string of the molecule is CC(O)(CNC(=O)C=Cc1ccc2c(c1)CCO2)C(=O)O. The third kappa shape index (κ3) is 3.82. The van der Waals surface area contributed by atoms with E-state index in [0.29, 0.717) is 6.61 Å². The lowest BCUT2D eigenvalue weighted by Gasteiger charge is -2.17. The van der Waals surface area contributed by atoms with Crippen molar-refractivity contribution in [3.63, 3.8) is 0 Å². The van der Waals surface area contributed by atoms with Crippen molar-refractivity contribution in [2.24, 2.45) is 0 Å². The number of benzene rings is 1. The van der Waals surface area contributed by atoms with E-state index in [9.17, 15) is 14.7 Å². The maximum atomic E-state index is 11.6. The van der Waals surface area contributed by atoms with Crippen molar-refractivity contribution in [3.8, 4) is 5.75 Å². The van der Waals surface area contributed by atoms with Gasteiger partial charge in [0, 0.05) is 12.5 Å². The van der Waals surface area contributed by atoms with Gasteiger partial charge in [-0.05, 0) is 36.3 Å². The summed E-state index contributed by atoms with van der Waals surface area (Å²) in [4.78, 5) is 22.3. The van der Waals surface area contributed by atoms with E-state index >= 15 is 0 Å². The van der Waals surface area contributed by atoms with Gasteiger partial charge in [0.15, 0.2) is 5.60 Å². The Morgan fingerprint density at radius 3 is 2.95 bits per heavy atom. The van der Waals surface area contributed by atoms with Crippen molar-refractivity contribution < 1.29 is 24.5 Å². The normalized spacial score (nSPS) is 16.1. The zero-order chi connectivity index (χ0) is 15.5. The van der Waals surface area contributed by atoms with Crippen LogP contribution in [0.25, 0.3) is 6.08 Å². The van der Waals surface area contributed by atoms with Crippen LogP contribution in [-0.4, -0.2) is 40.8 Å². The highest BCUT2D eigenvalue weighted by atomic mass is 16.5. The number of carbonyl (C=O) groups excluding carboxylic acids is 1. The zero-order valence-electron chi connectivity index (χ0n) is 11.6. The third-order valence-corrected chi connectivity index (χ3v) is 3.21. The quantitative estimate of drug-likeness (QED) is 0.690. The average molecular weight is 291 g/mol. The number of ether oxygens (including phenoxy) is 1. The average Bonchev–Trinajstić information content (AvgIpc) is 2.90. The standard InChI is InChI=1S/C15H17NO5/c1-15(20,14(18)19)9-16-13(17)5-3-10-2-4-12-11(8-10)6-7-21-12/h2-5,8,20H,6-7,9H2,1H3,(H,16,17)(H,18,19). The zero-order valence-corrected chi connectivity index (χ0v) is 11.6. The molecule has 1 aliphatic rings. The summed E-state index contributed by atoms with van der Waals surface area (Å²) in [6.07, 6.45) is 3.78. The molecule has 2 rings (SSSR count). The van der Waals surface area contributed by atoms with Crippen LogP contribution in [-0.2, 0) is 16.0 Å². The van der Waals surface area contributed by atoms with Gasteiger partial charge in [-0.1, -0.05) is 6.07 Å². The van der Waals surface area contributed by atoms with Crippen LogP contribution in [0.4, 0.5) is 0 Å². The number of hydrogen-bond acceptors (Lipinski definition) is 4. The molecule has 3 N–H and O–H groups in total. The van der Waals surface area contributed by atoms with Crippen LogP contribution in [0, 0.1) is 0 Å². The maximum absolute atomic E-state index is 11.6. The number of fused-ring (bicyclic) bond motifs is 1. The highest BCUT2D eigenvalue weighted by Crippen LogP contribution is 2.26. The van der Waals surface area contributed by atoms with Crippen LogP contribution in [0.3, 0.4) is 0 Å². The van der Waals surface area contributed by atoms with Crippen molar-refractivity contribution in [1.29, 1.82) is 0 Å². The molecule has 6 heteroatoms. The van der Waals surface area contributed by atoms with Gasteiger partial charge < -0.3 is 20.3 Å². The fraction of sp³-hybridized carbons (Fsp3) is 0.333. The van der Waals surface area contributed by atoms with Crippen LogP contribution in [0.1, 0.15) is 18.1 Å². The highest BCUT2D eigenvalue weighted by Gasteiger charge is 2.29. The van der Waals surface area contributed by atoms with Gasteiger partial charge in [-0.2, -0.15) is 0 Å². The fourth-order valence-corrected chi connectivity index (χ4v) is 1.88. The first-order valence-corrected chi connectivity index (χ1v) is 6.56. The number of hydrogen-bond donors (Lipinski definition) is 3. The molecule has 0 fully saturated rings.